The van der Waals surface area contributed by atoms with Crippen molar-refractivity contribution in [2.45, 2.75) is 45.1 Å². The molecule has 0 atom stereocenters. The fourth-order valence-corrected chi connectivity index (χ4v) is 5.18. The number of aromatic nitrogens is 2. The zero-order valence-corrected chi connectivity index (χ0v) is 21.0. The molecule has 2 aliphatic rings. The molecule has 0 spiro atoms. The van der Waals surface area contributed by atoms with Gasteiger partial charge in [-0.1, -0.05) is 12.1 Å². The lowest BCUT2D eigenvalue weighted by atomic mass is 9.88. The van der Waals surface area contributed by atoms with Crippen LogP contribution in [0.15, 0.2) is 36.5 Å². The van der Waals surface area contributed by atoms with Crippen molar-refractivity contribution in [2.24, 2.45) is 0 Å². The SMILES string of the molecule is COc1cc(Cc2ncc(F)c(-c3cc(F)c4c(c3)N(C(C)C)CCO4)n2)ccc1C1CCNCC1. The van der Waals surface area contributed by atoms with Gasteiger partial charge in [0.05, 0.1) is 25.5 Å². The van der Waals surface area contributed by atoms with Crippen LogP contribution in [-0.2, 0) is 6.42 Å². The largest absolute Gasteiger partial charge is 0.496 e. The summed E-state index contributed by atoms with van der Waals surface area (Å²) in [6, 6.07) is 9.38. The van der Waals surface area contributed by atoms with Gasteiger partial charge in [-0.25, -0.2) is 18.7 Å². The minimum atomic E-state index is -0.593. The van der Waals surface area contributed by atoms with Crippen molar-refractivity contribution in [1.29, 1.82) is 0 Å². The first-order chi connectivity index (χ1) is 17.4. The van der Waals surface area contributed by atoms with Crippen LogP contribution >= 0.6 is 0 Å². The second-order valence-corrected chi connectivity index (χ2v) is 9.70. The normalized spacial score (nSPS) is 16.1. The molecule has 0 aliphatic carbocycles. The number of methoxy groups -OCH3 is 1. The molecule has 1 fully saturated rings. The number of fused-ring (bicyclic) bond motifs is 1. The Kier molecular flexibility index (Phi) is 7.05. The van der Waals surface area contributed by atoms with E-state index in [0.29, 0.717) is 42.6 Å². The molecule has 2 aliphatic heterocycles. The summed E-state index contributed by atoms with van der Waals surface area (Å²) < 4.78 is 41.1. The van der Waals surface area contributed by atoms with E-state index in [4.69, 9.17) is 9.47 Å². The van der Waals surface area contributed by atoms with Gasteiger partial charge in [0, 0.05) is 18.0 Å². The molecule has 36 heavy (non-hydrogen) atoms. The first kappa shape index (κ1) is 24.4. The highest BCUT2D eigenvalue weighted by Gasteiger charge is 2.26. The summed E-state index contributed by atoms with van der Waals surface area (Å²) in [7, 11) is 1.69. The number of nitrogens with one attached hydrogen (secondary N) is 1. The summed E-state index contributed by atoms with van der Waals surface area (Å²) in [6.07, 6.45) is 3.73. The third-order valence-corrected chi connectivity index (χ3v) is 7.04. The van der Waals surface area contributed by atoms with Crippen LogP contribution in [0.1, 0.15) is 49.6 Å². The van der Waals surface area contributed by atoms with Crippen molar-refractivity contribution < 1.29 is 18.3 Å². The van der Waals surface area contributed by atoms with Crippen LogP contribution in [0, 0.1) is 11.6 Å². The fraction of sp³-hybridized carbons (Fsp3) is 0.429. The lowest BCUT2D eigenvalue weighted by molar-refractivity contribution is 0.287. The molecule has 1 aromatic heterocycles. The van der Waals surface area contributed by atoms with Crippen molar-refractivity contribution >= 4 is 5.69 Å². The predicted octanol–water partition coefficient (Wildman–Crippen LogP) is 5.10. The molecule has 190 valence electrons. The molecule has 1 N–H and O–H groups in total. The molecule has 2 aromatic carbocycles. The van der Waals surface area contributed by atoms with E-state index in [0.717, 1.165) is 43.4 Å². The standard InChI is InChI=1S/C28H32F2N4O2/c1-17(2)34-10-11-36-28-22(29)14-20(15-24(28)34)27-23(30)16-32-26(33-27)13-18-4-5-21(25(12-18)35-3)19-6-8-31-9-7-19/h4-5,12,14-17,19,31H,6-11,13H2,1-3H3. The van der Waals surface area contributed by atoms with Crippen LogP contribution in [0.2, 0.25) is 0 Å². The molecule has 3 aromatic rings. The quantitative estimate of drug-likeness (QED) is 0.515. The first-order valence-electron chi connectivity index (χ1n) is 12.6. The molecule has 0 saturated carbocycles. The van der Waals surface area contributed by atoms with Crippen molar-refractivity contribution in [2.75, 3.05) is 38.3 Å². The van der Waals surface area contributed by atoms with Crippen molar-refractivity contribution in [3.63, 3.8) is 0 Å². The number of nitrogens with zero attached hydrogens (tertiary/aromatic N) is 3. The Labute approximate surface area is 210 Å². The zero-order chi connectivity index (χ0) is 25.2. The summed E-state index contributed by atoms with van der Waals surface area (Å²) in [6.45, 7) is 7.13. The Hall–Kier alpha value is -3.26. The third kappa shape index (κ3) is 4.87. The van der Waals surface area contributed by atoms with Gasteiger partial charge in [0.25, 0.3) is 0 Å². The molecule has 0 bridgehead atoms. The molecule has 0 amide bonds. The molecule has 0 unspecified atom stereocenters. The molecular weight excluding hydrogens is 462 g/mol. The number of hydrogen-bond donors (Lipinski definition) is 1. The minimum absolute atomic E-state index is 0.0780. The number of halogens is 2. The maximum atomic E-state index is 15.0. The number of anilines is 1. The van der Waals surface area contributed by atoms with Gasteiger partial charge in [-0.2, -0.15) is 0 Å². The molecule has 8 heteroatoms. The van der Waals surface area contributed by atoms with Crippen molar-refractivity contribution in [3.05, 3.63) is 65.1 Å². The number of ether oxygens (including phenoxy) is 2. The number of benzene rings is 2. The fourth-order valence-electron chi connectivity index (χ4n) is 5.18. The summed E-state index contributed by atoms with van der Waals surface area (Å²) >= 11 is 0. The van der Waals surface area contributed by atoms with Crippen molar-refractivity contribution in [1.82, 2.24) is 15.3 Å². The average Bonchev–Trinajstić information content (AvgIpc) is 2.89. The van der Waals surface area contributed by atoms with E-state index in [1.165, 1.54) is 11.6 Å². The average molecular weight is 495 g/mol. The number of rotatable bonds is 6. The predicted molar refractivity (Wildman–Crippen MR) is 136 cm³/mol. The van der Waals surface area contributed by atoms with Gasteiger partial charge in [-0.15, -0.1) is 0 Å². The van der Waals surface area contributed by atoms with Crippen LogP contribution in [0.3, 0.4) is 0 Å². The van der Waals surface area contributed by atoms with Crippen LogP contribution < -0.4 is 19.7 Å². The van der Waals surface area contributed by atoms with Gasteiger partial charge in [0.2, 0.25) is 0 Å². The second kappa shape index (κ2) is 10.4. The van der Waals surface area contributed by atoms with Crippen LogP contribution in [0.25, 0.3) is 11.3 Å². The Morgan fingerprint density at radius 2 is 1.94 bits per heavy atom. The molecule has 3 heterocycles. The van der Waals surface area contributed by atoms with E-state index in [1.54, 1.807) is 13.2 Å². The van der Waals surface area contributed by atoms with Gasteiger partial charge in [0.1, 0.15) is 23.9 Å². The molecule has 1 saturated heterocycles. The minimum Gasteiger partial charge on any atom is -0.496 e. The van der Waals surface area contributed by atoms with E-state index in [2.05, 4.69) is 32.3 Å². The molecular formula is C28H32F2N4O2. The third-order valence-electron chi connectivity index (χ3n) is 7.04. The summed E-state index contributed by atoms with van der Waals surface area (Å²) in [5.74, 6) is 0.868. The highest BCUT2D eigenvalue weighted by atomic mass is 19.1. The molecule has 0 radical (unpaired) electrons. The smallest absolute Gasteiger partial charge is 0.178 e. The van der Waals surface area contributed by atoms with Crippen LogP contribution in [-0.4, -0.2) is 49.4 Å². The Morgan fingerprint density at radius 1 is 1.14 bits per heavy atom. The van der Waals surface area contributed by atoms with Crippen LogP contribution in [0.5, 0.6) is 11.5 Å². The summed E-state index contributed by atoms with van der Waals surface area (Å²) in [4.78, 5) is 10.8. The van der Waals surface area contributed by atoms with Crippen LogP contribution in [0.4, 0.5) is 14.5 Å². The first-order valence-corrected chi connectivity index (χ1v) is 12.6. The van der Waals surface area contributed by atoms with Gasteiger partial charge < -0.3 is 19.7 Å². The lowest BCUT2D eigenvalue weighted by Crippen LogP contribution is -2.38. The zero-order valence-electron chi connectivity index (χ0n) is 21.0. The summed E-state index contributed by atoms with van der Waals surface area (Å²) in [5, 5.41) is 3.40. The van der Waals surface area contributed by atoms with E-state index >= 15 is 0 Å². The van der Waals surface area contributed by atoms with Gasteiger partial charge in [-0.05, 0) is 75.0 Å². The van der Waals surface area contributed by atoms with E-state index in [1.807, 2.05) is 19.9 Å². The second-order valence-electron chi connectivity index (χ2n) is 9.70. The summed E-state index contributed by atoms with van der Waals surface area (Å²) in [5.41, 5.74) is 3.24. The van der Waals surface area contributed by atoms with E-state index < -0.39 is 11.6 Å². The highest BCUT2D eigenvalue weighted by Crippen LogP contribution is 2.39. The monoisotopic (exact) mass is 494 g/mol. The Balaban J connectivity index is 1.45. The van der Waals surface area contributed by atoms with Crippen molar-refractivity contribution in [3.8, 4) is 22.8 Å². The number of piperidine rings is 1. The Bertz CT molecular complexity index is 1240. The molecule has 6 nitrogen and oxygen atoms in total. The van der Waals surface area contributed by atoms with Gasteiger partial charge in [-0.3, -0.25) is 0 Å². The topological polar surface area (TPSA) is 59.5 Å². The van der Waals surface area contributed by atoms with Gasteiger partial charge >= 0.3 is 0 Å². The van der Waals surface area contributed by atoms with E-state index in [9.17, 15) is 8.78 Å². The maximum Gasteiger partial charge on any atom is 0.178 e. The maximum absolute atomic E-state index is 15.0. The van der Waals surface area contributed by atoms with Gasteiger partial charge in [0.15, 0.2) is 17.4 Å². The number of hydrogen-bond acceptors (Lipinski definition) is 6. The highest BCUT2D eigenvalue weighted by molar-refractivity contribution is 5.72. The lowest BCUT2D eigenvalue weighted by Gasteiger charge is -2.34. The van der Waals surface area contributed by atoms with E-state index in [-0.39, 0.29) is 17.5 Å². The Morgan fingerprint density at radius 3 is 2.69 bits per heavy atom. The molecule has 5 rings (SSSR count).